The minimum absolute atomic E-state index is 0.204. The summed E-state index contributed by atoms with van der Waals surface area (Å²) < 4.78 is 12.2. The molecular formula is C15H16FN. The van der Waals surface area contributed by atoms with Crippen molar-refractivity contribution in [2.24, 2.45) is 5.73 Å². The van der Waals surface area contributed by atoms with Crippen LogP contribution in [0.4, 0.5) is 4.39 Å². The van der Waals surface area contributed by atoms with Gasteiger partial charge in [0.05, 0.1) is 6.67 Å². The highest BCUT2D eigenvalue weighted by atomic mass is 19.1. The summed E-state index contributed by atoms with van der Waals surface area (Å²) in [6, 6.07) is 18.0. The van der Waals surface area contributed by atoms with E-state index in [0.29, 0.717) is 6.42 Å². The maximum atomic E-state index is 12.2. The molecular weight excluding hydrogens is 213 g/mol. The van der Waals surface area contributed by atoms with Gasteiger partial charge >= 0.3 is 0 Å². The molecule has 0 aliphatic carbocycles. The second-order valence-electron chi connectivity index (χ2n) is 4.07. The minimum Gasteiger partial charge on any atom is -0.324 e. The largest absolute Gasteiger partial charge is 0.324 e. The Bertz CT molecular complexity index is 450. The van der Waals surface area contributed by atoms with Gasteiger partial charge in [-0.25, -0.2) is 0 Å². The quantitative estimate of drug-likeness (QED) is 0.849. The molecule has 88 valence electrons. The van der Waals surface area contributed by atoms with Gasteiger partial charge in [-0.15, -0.1) is 0 Å². The molecule has 0 amide bonds. The number of rotatable bonds is 4. The third-order valence-corrected chi connectivity index (χ3v) is 2.87. The molecule has 0 saturated carbocycles. The first kappa shape index (κ1) is 11.8. The number of halogens is 1. The lowest BCUT2D eigenvalue weighted by molar-refractivity contribution is 0.442. The van der Waals surface area contributed by atoms with Crippen molar-refractivity contribution in [2.75, 3.05) is 6.67 Å². The number of benzene rings is 2. The van der Waals surface area contributed by atoms with Gasteiger partial charge in [-0.05, 0) is 23.1 Å². The van der Waals surface area contributed by atoms with E-state index >= 15 is 0 Å². The van der Waals surface area contributed by atoms with Gasteiger partial charge in [0.1, 0.15) is 0 Å². The Balaban J connectivity index is 2.19. The molecule has 0 aromatic heterocycles. The summed E-state index contributed by atoms with van der Waals surface area (Å²) >= 11 is 0. The highest BCUT2D eigenvalue weighted by molar-refractivity contribution is 5.63. The topological polar surface area (TPSA) is 26.0 Å². The first-order valence-corrected chi connectivity index (χ1v) is 5.78. The molecule has 2 aromatic rings. The zero-order chi connectivity index (χ0) is 12.1. The molecule has 0 heterocycles. The van der Waals surface area contributed by atoms with Crippen molar-refractivity contribution in [3.63, 3.8) is 0 Å². The van der Waals surface area contributed by atoms with E-state index in [0.717, 1.165) is 11.1 Å². The summed E-state index contributed by atoms with van der Waals surface area (Å²) in [4.78, 5) is 0. The van der Waals surface area contributed by atoms with Crippen LogP contribution in [0, 0.1) is 0 Å². The van der Waals surface area contributed by atoms with Crippen molar-refractivity contribution in [1.29, 1.82) is 0 Å². The van der Waals surface area contributed by atoms with Crippen LogP contribution in [0.5, 0.6) is 0 Å². The molecule has 0 radical (unpaired) electrons. The molecule has 0 saturated heterocycles. The van der Waals surface area contributed by atoms with Gasteiger partial charge in [0.25, 0.3) is 0 Å². The molecule has 1 atom stereocenters. The summed E-state index contributed by atoms with van der Waals surface area (Å²) in [6.07, 6.45) is 0.380. The Morgan fingerprint density at radius 2 is 1.47 bits per heavy atom. The lowest BCUT2D eigenvalue weighted by atomic mass is 10.00. The van der Waals surface area contributed by atoms with E-state index in [2.05, 4.69) is 12.1 Å². The SMILES string of the molecule is N[C@@H](CCF)c1ccc(-c2ccccc2)cc1. The molecule has 0 unspecified atom stereocenters. The van der Waals surface area contributed by atoms with Crippen LogP contribution in [0.2, 0.25) is 0 Å². The first-order valence-electron chi connectivity index (χ1n) is 5.78. The van der Waals surface area contributed by atoms with Crippen molar-refractivity contribution in [2.45, 2.75) is 12.5 Å². The van der Waals surface area contributed by atoms with E-state index in [4.69, 9.17) is 5.73 Å². The Morgan fingerprint density at radius 3 is 2.06 bits per heavy atom. The van der Waals surface area contributed by atoms with Gasteiger partial charge in [0, 0.05) is 6.04 Å². The fourth-order valence-corrected chi connectivity index (χ4v) is 1.84. The van der Waals surface area contributed by atoms with Crippen LogP contribution >= 0.6 is 0 Å². The molecule has 0 bridgehead atoms. The highest BCUT2D eigenvalue weighted by Crippen LogP contribution is 2.22. The molecule has 0 spiro atoms. The summed E-state index contributed by atoms with van der Waals surface area (Å²) in [5.74, 6) is 0. The van der Waals surface area contributed by atoms with Crippen LogP contribution in [-0.4, -0.2) is 6.67 Å². The third kappa shape index (κ3) is 2.92. The standard InChI is InChI=1S/C15H16FN/c16-11-10-15(17)14-8-6-13(7-9-14)12-4-2-1-3-5-12/h1-9,15H,10-11,17H2/t15-/m0/s1. The van der Waals surface area contributed by atoms with Crippen molar-refractivity contribution in [3.05, 3.63) is 60.2 Å². The Hall–Kier alpha value is -1.67. The van der Waals surface area contributed by atoms with Gasteiger partial charge < -0.3 is 5.73 Å². The van der Waals surface area contributed by atoms with Crippen LogP contribution < -0.4 is 5.73 Å². The maximum Gasteiger partial charge on any atom is 0.0912 e. The molecule has 0 aliphatic heterocycles. The lowest BCUT2D eigenvalue weighted by Gasteiger charge is -2.10. The van der Waals surface area contributed by atoms with Crippen molar-refractivity contribution in [3.8, 4) is 11.1 Å². The molecule has 2 rings (SSSR count). The van der Waals surface area contributed by atoms with Crippen LogP contribution in [0.3, 0.4) is 0 Å². The Kier molecular flexibility index (Phi) is 3.89. The van der Waals surface area contributed by atoms with Crippen LogP contribution in [-0.2, 0) is 0 Å². The zero-order valence-electron chi connectivity index (χ0n) is 9.64. The smallest absolute Gasteiger partial charge is 0.0912 e. The van der Waals surface area contributed by atoms with Gasteiger partial charge in [0.15, 0.2) is 0 Å². The number of hydrogen-bond donors (Lipinski definition) is 1. The summed E-state index contributed by atoms with van der Waals surface area (Å²) in [6.45, 7) is -0.373. The molecule has 17 heavy (non-hydrogen) atoms. The predicted octanol–water partition coefficient (Wildman–Crippen LogP) is 3.71. The highest BCUT2D eigenvalue weighted by Gasteiger charge is 2.05. The molecule has 0 fully saturated rings. The second-order valence-corrected chi connectivity index (χ2v) is 4.07. The molecule has 2 heteroatoms. The monoisotopic (exact) mass is 229 g/mol. The summed E-state index contributed by atoms with van der Waals surface area (Å²) in [5, 5.41) is 0. The fourth-order valence-electron chi connectivity index (χ4n) is 1.84. The summed E-state index contributed by atoms with van der Waals surface area (Å²) in [5.41, 5.74) is 9.18. The van der Waals surface area contributed by atoms with Gasteiger partial charge in [-0.2, -0.15) is 0 Å². The average Bonchev–Trinajstić information content (AvgIpc) is 2.40. The number of alkyl halides is 1. The van der Waals surface area contributed by atoms with Crippen molar-refractivity contribution >= 4 is 0 Å². The normalized spacial score (nSPS) is 12.4. The molecule has 2 N–H and O–H groups in total. The van der Waals surface area contributed by atoms with E-state index in [1.165, 1.54) is 5.56 Å². The fraction of sp³-hybridized carbons (Fsp3) is 0.200. The van der Waals surface area contributed by atoms with Crippen LogP contribution in [0.25, 0.3) is 11.1 Å². The lowest BCUT2D eigenvalue weighted by Crippen LogP contribution is -2.10. The van der Waals surface area contributed by atoms with E-state index in [1.54, 1.807) is 0 Å². The third-order valence-electron chi connectivity index (χ3n) is 2.87. The van der Waals surface area contributed by atoms with Gasteiger partial charge in [0.2, 0.25) is 0 Å². The number of nitrogens with two attached hydrogens (primary N) is 1. The van der Waals surface area contributed by atoms with E-state index < -0.39 is 0 Å². The Morgan fingerprint density at radius 1 is 0.882 bits per heavy atom. The van der Waals surface area contributed by atoms with Gasteiger partial charge in [-0.1, -0.05) is 54.6 Å². The molecule has 0 aliphatic rings. The van der Waals surface area contributed by atoms with Crippen molar-refractivity contribution < 1.29 is 4.39 Å². The van der Waals surface area contributed by atoms with E-state index in [1.807, 2.05) is 42.5 Å². The Labute approximate surface area is 101 Å². The van der Waals surface area contributed by atoms with E-state index in [-0.39, 0.29) is 12.7 Å². The van der Waals surface area contributed by atoms with Crippen LogP contribution in [0.15, 0.2) is 54.6 Å². The number of hydrogen-bond acceptors (Lipinski definition) is 1. The minimum atomic E-state index is -0.373. The predicted molar refractivity (Wildman–Crippen MR) is 69.4 cm³/mol. The second kappa shape index (κ2) is 5.60. The maximum absolute atomic E-state index is 12.2. The average molecular weight is 229 g/mol. The summed E-state index contributed by atoms with van der Waals surface area (Å²) in [7, 11) is 0. The van der Waals surface area contributed by atoms with E-state index in [9.17, 15) is 4.39 Å². The van der Waals surface area contributed by atoms with Crippen LogP contribution in [0.1, 0.15) is 18.0 Å². The zero-order valence-corrected chi connectivity index (χ0v) is 9.64. The van der Waals surface area contributed by atoms with Gasteiger partial charge in [-0.3, -0.25) is 4.39 Å². The molecule has 1 nitrogen and oxygen atoms in total. The first-order chi connectivity index (χ1) is 8.31. The van der Waals surface area contributed by atoms with Crippen molar-refractivity contribution in [1.82, 2.24) is 0 Å². The molecule has 2 aromatic carbocycles.